The van der Waals surface area contributed by atoms with E-state index in [-0.39, 0.29) is 11.5 Å². The normalized spacial score (nSPS) is 16.0. The Balaban J connectivity index is 1.15. The highest BCUT2D eigenvalue weighted by Gasteiger charge is 2.18. The van der Waals surface area contributed by atoms with Crippen LogP contribution in [-0.4, -0.2) is 58.2 Å². The minimum atomic E-state index is -0.299. The van der Waals surface area contributed by atoms with Crippen molar-refractivity contribution in [1.82, 2.24) is 18.9 Å². The van der Waals surface area contributed by atoms with Gasteiger partial charge in [-0.05, 0) is 24.3 Å². The minimum absolute atomic E-state index is 0.299. The molecule has 0 spiro atoms. The van der Waals surface area contributed by atoms with E-state index in [1.165, 1.54) is 0 Å². The number of oxazole rings is 2. The summed E-state index contributed by atoms with van der Waals surface area (Å²) in [6.45, 7) is 6.60. The zero-order chi connectivity index (χ0) is 20.5. The average Bonchev–Trinajstić information content (AvgIpc) is 3.26. The third-order valence-electron chi connectivity index (χ3n) is 5.89. The van der Waals surface area contributed by atoms with Gasteiger partial charge in [0.05, 0.1) is 11.0 Å². The zero-order valence-electron chi connectivity index (χ0n) is 16.7. The molecule has 0 radical (unpaired) electrons. The first-order valence-electron chi connectivity index (χ1n) is 10.3. The van der Waals surface area contributed by atoms with Gasteiger partial charge in [-0.1, -0.05) is 24.3 Å². The summed E-state index contributed by atoms with van der Waals surface area (Å²) in [5, 5.41) is 0. The molecule has 0 atom stereocenters. The van der Waals surface area contributed by atoms with Gasteiger partial charge < -0.3 is 8.83 Å². The summed E-state index contributed by atoms with van der Waals surface area (Å²) in [5.41, 5.74) is 2.96. The quantitative estimate of drug-likeness (QED) is 0.484. The van der Waals surface area contributed by atoms with E-state index >= 15 is 0 Å². The third kappa shape index (κ3) is 3.59. The van der Waals surface area contributed by atoms with Crippen molar-refractivity contribution in [2.24, 2.45) is 0 Å². The first-order valence-corrected chi connectivity index (χ1v) is 10.3. The monoisotopic (exact) mass is 408 g/mol. The number of nitrogens with zero attached hydrogens (tertiary/aromatic N) is 4. The van der Waals surface area contributed by atoms with Crippen LogP contribution in [0.5, 0.6) is 0 Å². The Morgan fingerprint density at radius 1 is 0.600 bits per heavy atom. The fraction of sp³-hybridized carbons (Fsp3) is 0.364. The van der Waals surface area contributed by atoms with Crippen LogP contribution in [0.25, 0.3) is 22.2 Å². The summed E-state index contributed by atoms with van der Waals surface area (Å²) in [6, 6.07) is 15.0. The van der Waals surface area contributed by atoms with Crippen molar-refractivity contribution in [1.29, 1.82) is 0 Å². The number of hydrogen-bond acceptors (Lipinski definition) is 6. The number of fused-ring (bicyclic) bond motifs is 2. The van der Waals surface area contributed by atoms with E-state index in [1.807, 2.05) is 48.5 Å². The van der Waals surface area contributed by atoms with Crippen LogP contribution in [-0.2, 0) is 13.1 Å². The maximum atomic E-state index is 12.1. The summed E-state index contributed by atoms with van der Waals surface area (Å²) in [7, 11) is 0. The van der Waals surface area contributed by atoms with E-state index in [0.717, 1.165) is 50.3 Å². The summed E-state index contributed by atoms with van der Waals surface area (Å²) in [6.07, 6.45) is 0. The van der Waals surface area contributed by atoms with E-state index in [4.69, 9.17) is 8.83 Å². The van der Waals surface area contributed by atoms with Crippen molar-refractivity contribution in [3.05, 3.63) is 69.6 Å². The lowest BCUT2D eigenvalue weighted by atomic mass is 10.3. The van der Waals surface area contributed by atoms with Crippen LogP contribution in [0.15, 0.2) is 67.0 Å². The van der Waals surface area contributed by atoms with Gasteiger partial charge in [-0.25, -0.2) is 9.59 Å². The highest BCUT2D eigenvalue weighted by Crippen LogP contribution is 2.13. The van der Waals surface area contributed by atoms with Gasteiger partial charge in [0, 0.05) is 52.4 Å². The number of piperazine rings is 1. The Bertz CT molecular complexity index is 1170. The molecular formula is C22H24N4O4. The maximum absolute atomic E-state index is 12.1. The molecule has 1 aliphatic rings. The van der Waals surface area contributed by atoms with E-state index < -0.39 is 0 Å². The SMILES string of the molecule is O=c1oc2ccccc2n1CCN1CCN(CCn2c(=O)oc3ccccc32)CC1. The largest absolute Gasteiger partial charge is 0.419 e. The van der Waals surface area contributed by atoms with Crippen molar-refractivity contribution in [2.45, 2.75) is 13.1 Å². The lowest BCUT2D eigenvalue weighted by molar-refractivity contribution is 0.125. The van der Waals surface area contributed by atoms with Gasteiger partial charge in [-0.15, -0.1) is 0 Å². The molecule has 0 aliphatic carbocycles. The molecule has 2 aromatic carbocycles. The molecular weight excluding hydrogens is 384 g/mol. The molecule has 0 N–H and O–H groups in total. The maximum Gasteiger partial charge on any atom is 0.419 e. The number of hydrogen-bond donors (Lipinski definition) is 0. The van der Waals surface area contributed by atoms with Crippen LogP contribution in [0.4, 0.5) is 0 Å². The Morgan fingerprint density at radius 3 is 1.43 bits per heavy atom. The lowest BCUT2D eigenvalue weighted by Gasteiger charge is -2.34. The standard InChI is InChI=1S/C22H24N4O4/c27-21-25(17-5-1-3-7-19(17)29-21)15-13-23-9-11-24(12-10-23)14-16-26-18-6-2-4-8-20(18)30-22(26)28/h1-8H,9-16H2. The number of aromatic nitrogens is 2. The molecule has 4 aromatic rings. The number of benzene rings is 2. The summed E-state index contributed by atoms with van der Waals surface area (Å²) >= 11 is 0. The highest BCUT2D eigenvalue weighted by molar-refractivity contribution is 5.73. The Labute approximate surface area is 172 Å². The first kappa shape index (κ1) is 18.9. The van der Waals surface area contributed by atoms with Crippen LogP contribution in [0.1, 0.15) is 0 Å². The molecule has 1 saturated heterocycles. The Hall–Kier alpha value is -3.10. The van der Waals surface area contributed by atoms with Crippen LogP contribution >= 0.6 is 0 Å². The molecule has 30 heavy (non-hydrogen) atoms. The highest BCUT2D eigenvalue weighted by atomic mass is 16.4. The average molecular weight is 408 g/mol. The van der Waals surface area contributed by atoms with E-state index in [0.29, 0.717) is 24.3 Å². The van der Waals surface area contributed by atoms with Crippen molar-refractivity contribution in [2.75, 3.05) is 39.3 Å². The van der Waals surface area contributed by atoms with Crippen LogP contribution in [0, 0.1) is 0 Å². The topological polar surface area (TPSA) is 76.8 Å². The van der Waals surface area contributed by atoms with Gasteiger partial charge in [0.2, 0.25) is 0 Å². The molecule has 1 fully saturated rings. The van der Waals surface area contributed by atoms with Crippen LogP contribution in [0.3, 0.4) is 0 Å². The van der Waals surface area contributed by atoms with Gasteiger partial charge in [0.1, 0.15) is 0 Å². The Morgan fingerprint density at radius 2 is 1.00 bits per heavy atom. The van der Waals surface area contributed by atoms with E-state index in [2.05, 4.69) is 9.80 Å². The molecule has 2 aromatic heterocycles. The second-order valence-electron chi connectivity index (χ2n) is 7.66. The van der Waals surface area contributed by atoms with Gasteiger partial charge in [-0.2, -0.15) is 0 Å². The lowest BCUT2D eigenvalue weighted by Crippen LogP contribution is -2.48. The predicted molar refractivity (Wildman–Crippen MR) is 114 cm³/mol. The third-order valence-corrected chi connectivity index (χ3v) is 5.89. The molecule has 1 aliphatic heterocycles. The van der Waals surface area contributed by atoms with Gasteiger partial charge in [0.15, 0.2) is 11.2 Å². The fourth-order valence-electron chi connectivity index (χ4n) is 4.17. The van der Waals surface area contributed by atoms with Gasteiger partial charge in [0.25, 0.3) is 0 Å². The van der Waals surface area contributed by atoms with Gasteiger partial charge in [-0.3, -0.25) is 18.9 Å². The molecule has 8 heteroatoms. The molecule has 0 saturated carbocycles. The second-order valence-corrected chi connectivity index (χ2v) is 7.66. The van der Waals surface area contributed by atoms with E-state index in [1.54, 1.807) is 9.13 Å². The molecule has 156 valence electrons. The van der Waals surface area contributed by atoms with Crippen molar-refractivity contribution >= 4 is 22.2 Å². The van der Waals surface area contributed by atoms with E-state index in [9.17, 15) is 9.59 Å². The predicted octanol–water partition coefficient (Wildman–Crippen LogP) is 1.82. The van der Waals surface area contributed by atoms with Crippen molar-refractivity contribution in [3.8, 4) is 0 Å². The molecule has 3 heterocycles. The fourth-order valence-corrected chi connectivity index (χ4v) is 4.17. The summed E-state index contributed by atoms with van der Waals surface area (Å²) < 4.78 is 14.0. The molecule has 0 unspecified atom stereocenters. The molecule has 8 nitrogen and oxygen atoms in total. The first-order chi connectivity index (χ1) is 14.7. The van der Waals surface area contributed by atoms with Crippen molar-refractivity contribution < 1.29 is 8.83 Å². The summed E-state index contributed by atoms with van der Waals surface area (Å²) in [5.74, 6) is -0.597. The molecule has 0 bridgehead atoms. The minimum Gasteiger partial charge on any atom is -0.408 e. The number of para-hydroxylation sites is 4. The smallest absolute Gasteiger partial charge is 0.408 e. The number of rotatable bonds is 6. The van der Waals surface area contributed by atoms with Crippen molar-refractivity contribution in [3.63, 3.8) is 0 Å². The van der Waals surface area contributed by atoms with Crippen LogP contribution < -0.4 is 11.5 Å². The van der Waals surface area contributed by atoms with Crippen LogP contribution in [0.2, 0.25) is 0 Å². The Kier molecular flexibility index (Phi) is 5.02. The molecule has 0 amide bonds. The second kappa shape index (κ2) is 7.97. The summed E-state index contributed by atoms with van der Waals surface area (Å²) in [4.78, 5) is 29.0. The zero-order valence-corrected chi connectivity index (χ0v) is 16.7. The van der Waals surface area contributed by atoms with Gasteiger partial charge >= 0.3 is 11.5 Å². The molecule has 5 rings (SSSR count).